The normalized spacial score (nSPS) is 22.4. The number of ether oxygens (including phenoxy) is 2. The van der Waals surface area contributed by atoms with Gasteiger partial charge >= 0.3 is 0 Å². The average molecular weight is 231 g/mol. The van der Waals surface area contributed by atoms with E-state index in [0.29, 0.717) is 12.0 Å². The number of methoxy groups -OCH3 is 2. The van der Waals surface area contributed by atoms with Crippen molar-refractivity contribution in [1.29, 1.82) is 0 Å². The molecule has 0 amide bonds. The Hall–Kier alpha value is -1.94. The number of nitrogens with zero attached hydrogens (tertiary/aromatic N) is 1. The predicted octanol–water partition coefficient (Wildman–Crippen LogP) is -0.152. The van der Waals surface area contributed by atoms with Crippen LogP contribution >= 0.6 is 0 Å². The van der Waals surface area contributed by atoms with Crippen LogP contribution in [0.3, 0.4) is 0 Å². The number of carbonyl (C=O) groups is 1. The van der Waals surface area contributed by atoms with E-state index in [4.69, 9.17) is 9.47 Å². The molecule has 1 aliphatic rings. The quantitative estimate of drug-likeness (QED) is 0.680. The fourth-order valence-corrected chi connectivity index (χ4v) is 1.86. The molecular weight excluding hydrogens is 218 g/mol. The second kappa shape index (κ2) is 4.51. The third-order valence-corrected chi connectivity index (χ3v) is 2.73. The van der Waals surface area contributed by atoms with Gasteiger partial charge in [-0.2, -0.15) is 0 Å². The number of hydrogen-bond donors (Lipinski definition) is 0. The van der Waals surface area contributed by atoms with Crippen LogP contribution in [0.4, 0.5) is 0 Å². The smallest absolute Gasteiger partial charge is 0.274 e. The topological polar surface area (TPSA) is 47.9 Å². The maximum atomic E-state index is 11.3. The summed E-state index contributed by atoms with van der Waals surface area (Å²) < 4.78 is 10.5. The lowest BCUT2D eigenvalue weighted by atomic mass is 10.1. The third-order valence-electron chi connectivity index (χ3n) is 2.73. The molecular formula is C13H13NO3. The van der Waals surface area contributed by atoms with Gasteiger partial charge in [-0.05, 0) is 11.3 Å². The molecule has 1 atom stereocenters. The van der Waals surface area contributed by atoms with Crippen LogP contribution < -0.4 is 10.4 Å². The highest BCUT2D eigenvalue weighted by molar-refractivity contribution is 5.95. The summed E-state index contributed by atoms with van der Waals surface area (Å²) in [6.07, 6.45) is 4.01. The molecule has 0 fully saturated rings. The Morgan fingerprint density at radius 3 is 2.71 bits per heavy atom. The fraction of sp³-hybridized carbons (Fsp3) is 0.231. The van der Waals surface area contributed by atoms with Gasteiger partial charge in [-0.3, -0.25) is 4.79 Å². The number of aliphatic imine (C=N–C) groups is 1. The van der Waals surface area contributed by atoms with Gasteiger partial charge in [0.1, 0.15) is 0 Å². The molecule has 1 aromatic carbocycles. The second-order valence-electron chi connectivity index (χ2n) is 3.58. The number of carbonyl (C=O) groups excluding carboxylic acids is 1. The van der Waals surface area contributed by atoms with Crippen molar-refractivity contribution in [2.45, 2.75) is 5.72 Å². The molecule has 0 saturated heterocycles. The van der Waals surface area contributed by atoms with Gasteiger partial charge < -0.3 is 9.47 Å². The molecule has 1 heterocycles. The van der Waals surface area contributed by atoms with Gasteiger partial charge in [-0.15, -0.1) is 0 Å². The first-order chi connectivity index (χ1) is 8.27. The second-order valence-corrected chi connectivity index (χ2v) is 3.58. The van der Waals surface area contributed by atoms with Gasteiger partial charge in [0.25, 0.3) is 5.72 Å². The zero-order valence-corrected chi connectivity index (χ0v) is 9.71. The molecule has 17 heavy (non-hydrogen) atoms. The van der Waals surface area contributed by atoms with Crippen LogP contribution in [0.1, 0.15) is 0 Å². The lowest BCUT2D eigenvalue weighted by Gasteiger charge is -2.23. The van der Waals surface area contributed by atoms with E-state index in [9.17, 15) is 4.79 Å². The maximum absolute atomic E-state index is 11.3. The summed E-state index contributed by atoms with van der Waals surface area (Å²) in [4.78, 5) is 15.4. The Kier molecular flexibility index (Phi) is 3.06. The van der Waals surface area contributed by atoms with Crippen molar-refractivity contribution in [1.82, 2.24) is 0 Å². The van der Waals surface area contributed by atoms with Gasteiger partial charge in [0, 0.05) is 18.5 Å². The lowest BCUT2D eigenvalue weighted by Crippen LogP contribution is -2.40. The monoisotopic (exact) mass is 231 g/mol. The molecule has 2 rings (SSSR count). The first kappa shape index (κ1) is 11.5. The summed E-state index contributed by atoms with van der Waals surface area (Å²) in [5, 5.41) is 1.75. The Morgan fingerprint density at radius 1 is 1.29 bits per heavy atom. The van der Waals surface area contributed by atoms with Gasteiger partial charge in [-0.25, -0.2) is 4.99 Å². The van der Waals surface area contributed by atoms with Crippen LogP contribution in [-0.2, 0) is 14.3 Å². The van der Waals surface area contributed by atoms with Crippen molar-refractivity contribution < 1.29 is 14.3 Å². The Labute approximate surface area is 98.9 Å². The summed E-state index contributed by atoms with van der Waals surface area (Å²) in [5.74, 6) is 0.399. The molecule has 4 nitrogen and oxygen atoms in total. The Morgan fingerprint density at radius 2 is 2.06 bits per heavy atom. The molecule has 0 saturated carbocycles. The minimum atomic E-state index is -1.39. The molecule has 4 heteroatoms. The van der Waals surface area contributed by atoms with E-state index < -0.39 is 5.72 Å². The first-order valence-corrected chi connectivity index (χ1v) is 5.18. The number of benzene rings is 1. The Balaban J connectivity index is 2.87. The van der Waals surface area contributed by atoms with Crippen molar-refractivity contribution in [2.75, 3.05) is 14.2 Å². The summed E-state index contributed by atoms with van der Waals surface area (Å²) in [6.45, 7) is 0. The number of hydrogen-bond acceptors (Lipinski definition) is 4. The standard InChI is InChI=1S/C13H13NO3/c1-16-12-11-6-4-3-5-10(11)7-8-14-13(12,9-15)17-2/h3-9H,1-2H3. The van der Waals surface area contributed by atoms with E-state index in [1.807, 2.05) is 30.3 Å². The van der Waals surface area contributed by atoms with Gasteiger partial charge in [-0.1, -0.05) is 24.3 Å². The minimum Gasteiger partial charge on any atom is -0.495 e. The molecule has 0 aliphatic carbocycles. The summed E-state index contributed by atoms with van der Waals surface area (Å²) >= 11 is 0. The van der Waals surface area contributed by atoms with E-state index in [-0.39, 0.29) is 0 Å². The maximum Gasteiger partial charge on any atom is 0.274 e. The van der Waals surface area contributed by atoms with Gasteiger partial charge in [0.05, 0.1) is 7.11 Å². The Bertz CT molecular complexity index is 577. The van der Waals surface area contributed by atoms with Gasteiger partial charge in [0.2, 0.25) is 0 Å². The van der Waals surface area contributed by atoms with E-state index in [1.165, 1.54) is 14.2 Å². The average Bonchev–Trinajstić information content (AvgIpc) is 2.54. The molecule has 1 aromatic rings. The van der Waals surface area contributed by atoms with Gasteiger partial charge in [0.15, 0.2) is 12.0 Å². The largest absolute Gasteiger partial charge is 0.495 e. The van der Waals surface area contributed by atoms with Crippen molar-refractivity contribution in [3.8, 4) is 0 Å². The van der Waals surface area contributed by atoms with Crippen LogP contribution in [0, 0.1) is 0 Å². The SMILES string of the molecule is COC1=c2ccccc2=CC=NC1(C=O)OC. The van der Waals surface area contributed by atoms with Crippen molar-refractivity contribution in [3.63, 3.8) is 0 Å². The highest BCUT2D eigenvalue weighted by Crippen LogP contribution is 2.21. The summed E-state index contributed by atoms with van der Waals surface area (Å²) in [7, 11) is 2.93. The van der Waals surface area contributed by atoms with Crippen molar-refractivity contribution >= 4 is 24.3 Å². The summed E-state index contributed by atoms with van der Waals surface area (Å²) in [5.41, 5.74) is -1.39. The number of rotatable bonds is 3. The van der Waals surface area contributed by atoms with E-state index in [2.05, 4.69) is 4.99 Å². The van der Waals surface area contributed by atoms with Crippen molar-refractivity contribution in [2.24, 2.45) is 4.99 Å². The van der Waals surface area contributed by atoms with Crippen molar-refractivity contribution in [3.05, 3.63) is 34.7 Å². The van der Waals surface area contributed by atoms with Crippen LogP contribution in [0.2, 0.25) is 0 Å². The van der Waals surface area contributed by atoms with Crippen LogP contribution in [0.5, 0.6) is 0 Å². The van der Waals surface area contributed by atoms with Crippen LogP contribution in [0.25, 0.3) is 11.8 Å². The van der Waals surface area contributed by atoms with E-state index in [0.717, 1.165) is 10.4 Å². The highest BCUT2D eigenvalue weighted by Gasteiger charge is 2.36. The number of fused-ring (bicyclic) bond motifs is 1. The molecule has 0 spiro atoms. The molecule has 1 unspecified atom stereocenters. The summed E-state index contributed by atoms with van der Waals surface area (Å²) in [6, 6.07) is 7.59. The molecule has 0 N–H and O–H groups in total. The molecule has 0 aromatic heterocycles. The van der Waals surface area contributed by atoms with Crippen LogP contribution in [-0.4, -0.2) is 32.4 Å². The zero-order valence-electron chi connectivity index (χ0n) is 9.71. The minimum absolute atomic E-state index is 0.399. The van der Waals surface area contributed by atoms with E-state index >= 15 is 0 Å². The third kappa shape index (κ3) is 1.76. The highest BCUT2D eigenvalue weighted by atomic mass is 16.5. The van der Waals surface area contributed by atoms with Crippen LogP contribution in [0.15, 0.2) is 29.3 Å². The zero-order chi connectivity index (χ0) is 12.3. The first-order valence-electron chi connectivity index (χ1n) is 5.18. The fourth-order valence-electron chi connectivity index (χ4n) is 1.86. The predicted molar refractivity (Wildman–Crippen MR) is 64.9 cm³/mol. The molecule has 0 radical (unpaired) electrons. The molecule has 88 valence electrons. The lowest BCUT2D eigenvalue weighted by molar-refractivity contribution is -0.122. The molecule has 0 bridgehead atoms. The molecule has 1 aliphatic heterocycles. The number of aldehydes is 1. The van der Waals surface area contributed by atoms with E-state index in [1.54, 1.807) is 6.21 Å².